The first kappa shape index (κ1) is 15.8. The van der Waals surface area contributed by atoms with Crippen molar-refractivity contribution in [3.05, 3.63) is 35.9 Å². The van der Waals surface area contributed by atoms with Crippen molar-refractivity contribution >= 4 is 11.6 Å². The highest BCUT2D eigenvalue weighted by Crippen LogP contribution is 2.14. The van der Waals surface area contributed by atoms with E-state index < -0.39 is 5.91 Å². The third-order valence-corrected chi connectivity index (χ3v) is 3.09. The van der Waals surface area contributed by atoms with Crippen LogP contribution in [-0.2, 0) is 4.74 Å². The lowest BCUT2D eigenvalue weighted by Gasteiger charge is -2.28. The summed E-state index contributed by atoms with van der Waals surface area (Å²) in [5.74, 6) is 0.0711. The van der Waals surface area contributed by atoms with Crippen molar-refractivity contribution in [1.29, 1.82) is 5.41 Å². The van der Waals surface area contributed by atoms with Crippen LogP contribution in [0, 0.1) is 5.41 Å². The normalized spacial score (nSPS) is 15.5. The molecule has 0 unspecified atom stereocenters. The van der Waals surface area contributed by atoms with Crippen molar-refractivity contribution in [2.75, 3.05) is 32.9 Å². The molecule has 1 aliphatic heterocycles. The van der Waals surface area contributed by atoms with Gasteiger partial charge < -0.3 is 31.3 Å². The fourth-order valence-electron chi connectivity index (χ4n) is 1.98. The molecular formula is C14H19N5O3. The quantitative estimate of drug-likeness (QED) is 0.620. The number of aromatic nitrogens is 1. The van der Waals surface area contributed by atoms with Crippen LogP contribution >= 0.6 is 0 Å². The summed E-state index contributed by atoms with van der Waals surface area (Å²) in [4.78, 5) is 17.0. The summed E-state index contributed by atoms with van der Waals surface area (Å²) in [5.41, 5.74) is 11.4. The minimum atomic E-state index is -0.675. The number of hydrogen-bond acceptors (Lipinski definition) is 7. The first-order chi connectivity index (χ1) is 10.6. The van der Waals surface area contributed by atoms with E-state index in [1.54, 1.807) is 12.1 Å². The highest BCUT2D eigenvalue weighted by molar-refractivity contribution is 5.95. The number of nitrogens with two attached hydrogens (primary N) is 2. The first-order valence-corrected chi connectivity index (χ1v) is 6.83. The van der Waals surface area contributed by atoms with E-state index in [1.165, 1.54) is 12.3 Å². The molecule has 8 heteroatoms. The average molecular weight is 305 g/mol. The number of rotatable bonds is 6. The Kier molecular flexibility index (Phi) is 5.31. The van der Waals surface area contributed by atoms with Crippen LogP contribution in [0.3, 0.4) is 0 Å². The Morgan fingerprint density at radius 3 is 2.86 bits per heavy atom. The third-order valence-electron chi connectivity index (χ3n) is 3.09. The van der Waals surface area contributed by atoms with Crippen LogP contribution in [0.15, 0.2) is 30.2 Å². The molecule has 0 atom stereocenters. The number of nitrogens with one attached hydrogen (secondary N) is 1. The zero-order chi connectivity index (χ0) is 15.9. The minimum absolute atomic E-state index is 0.0307. The van der Waals surface area contributed by atoms with Crippen molar-refractivity contribution in [1.82, 2.24) is 9.88 Å². The van der Waals surface area contributed by atoms with Crippen LogP contribution < -0.4 is 16.2 Å². The van der Waals surface area contributed by atoms with Gasteiger partial charge in [-0.3, -0.25) is 4.79 Å². The van der Waals surface area contributed by atoms with Gasteiger partial charge >= 0.3 is 0 Å². The van der Waals surface area contributed by atoms with Gasteiger partial charge in [-0.15, -0.1) is 0 Å². The van der Waals surface area contributed by atoms with E-state index in [0.717, 1.165) is 0 Å². The van der Waals surface area contributed by atoms with Crippen molar-refractivity contribution in [2.24, 2.45) is 11.5 Å². The van der Waals surface area contributed by atoms with E-state index in [4.69, 9.17) is 26.4 Å². The molecule has 2 rings (SSSR count). The molecule has 1 aromatic rings. The number of carbonyl (C=O) groups excluding carboxylic acids is 1. The molecule has 118 valence electrons. The highest BCUT2D eigenvalue weighted by atomic mass is 16.5. The average Bonchev–Trinajstić information content (AvgIpc) is 2.54. The highest BCUT2D eigenvalue weighted by Gasteiger charge is 2.13. The second-order valence-electron chi connectivity index (χ2n) is 4.70. The standard InChI is InChI=1S/C14H19N5O3/c15-10(8-12(16)19-4-6-21-7-5-19)9-22-11-2-1-3-18-13(11)14(17)20/h1-3,8,15H,4-7,9,16H2,(H2,17,20)/b12-8+,15-10?. The number of primary amides is 1. The van der Waals surface area contributed by atoms with Crippen molar-refractivity contribution in [3.8, 4) is 5.75 Å². The SMILES string of the molecule is N=C(/C=C(\N)N1CCOCC1)COc1cccnc1C(N)=O. The Balaban J connectivity index is 1.94. The molecule has 0 radical (unpaired) electrons. The number of hydrogen-bond donors (Lipinski definition) is 3. The number of morpholine rings is 1. The summed E-state index contributed by atoms with van der Waals surface area (Å²) in [6.45, 7) is 2.61. The van der Waals surface area contributed by atoms with Gasteiger partial charge in [-0.25, -0.2) is 4.98 Å². The minimum Gasteiger partial charge on any atom is -0.485 e. The predicted molar refractivity (Wildman–Crippen MR) is 80.6 cm³/mol. The first-order valence-electron chi connectivity index (χ1n) is 6.83. The number of nitrogens with zero attached hydrogens (tertiary/aromatic N) is 2. The summed E-state index contributed by atoms with van der Waals surface area (Å²) < 4.78 is 10.7. The van der Waals surface area contributed by atoms with Crippen molar-refractivity contribution in [3.63, 3.8) is 0 Å². The van der Waals surface area contributed by atoms with E-state index in [1.807, 2.05) is 4.90 Å². The van der Waals surface area contributed by atoms with Crippen molar-refractivity contribution in [2.45, 2.75) is 0 Å². The zero-order valence-electron chi connectivity index (χ0n) is 12.1. The van der Waals surface area contributed by atoms with Gasteiger partial charge in [0.15, 0.2) is 11.4 Å². The molecule has 0 saturated carbocycles. The molecular weight excluding hydrogens is 286 g/mol. The summed E-state index contributed by atoms with van der Waals surface area (Å²) in [6, 6.07) is 3.21. The fraction of sp³-hybridized carbons (Fsp3) is 0.357. The maximum atomic E-state index is 11.2. The lowest BCUT2D eigenvalue weighted by molar-refractivity contribution is 0.0531. The maximum Gasteiger partial charge on any atom is 0.271 e. The molecule has 0 bridgehead atoms. The molecule has 1 fully saturated rings. The molecule has 1 amide bonds. The number of carbonyl (C=O) groups is 1. The molecule has 8 nitrogen and oxygen atoms in total. The molecule has 1 saturated heterocycles. The monoisotopic (exact) mass is 305 g/mol. The molecule has 0 spiro atoms. The van der Waals surface area contributed by atoms with Crippen LogP contribution in [-0.4, -0.2) is 54.4 Å². The molecule has 1 aliphatic rings. The number of pyridine rings is 1. The van der Waals surface area contributed by atoms with Crippen molar-refractivity contribution < 1.29 is 14.3 Å². The Morgan fingerprint density at radius 2 is 2.18 bits per heavy atom. The molecule has 0 aromatic carbocycles. The van der Waals surface area contributed by atoms with E-state index in [0.29, 0.717) is 32.1 Å². The smallest absolute Gasteiger partial charge is 0.271 e. The topological polar surface area (TPSA) is 128 Å². The zero-order valence-corrected chi connectivity index (χ0v) is 12.1. The Morgan fingerprint density at radius 1 is 1.45 bits per heavy atom. The molecule has 22 heavy (non-hydrogen) atoms. The second-order valence-corrected chi connectivity index (χ2v) is 4.70. The third kappa shape index (κ3) is 4.19. The maximum absolute atomic E-state index is 11.2. The summed E-state index contributed by atoms with van der Waals surface area (Å²) in [5, 5.41) is 7.89. The second kappa shape index (κ2) is 7.41. The van der Waals surface area contributed by atoms with Crippen LogP contribution in [0.2, 0.25) is 0 Å². The Labute approximate surface area is 128 Å². The number of amides is 1. The Bertz CT molecular complexity index is 582. The Hall–Kier alpha value is -2.61. The predicted octanol–water partition coefficient (Wildman–Crippen LogP) is -0.289. The van der Waals surface area contributed by atoms with E-state index in [2.05, 4.69) is 4.98 Å². The van der Waals surface area contributed by atoms with Gasteiger partial charge in [-0.1, -0.05) is 0 Å². The van der Waals surface area contributed by atoms with E-state index in [9.17, 15) is 4.79 Å². The molecule has 1 aromatic heterocycles. The fourth-order valence-corrected chi connectivity index (χ4v) is 1.98. The van der Waals surface area contributed by atoms with Gasteiger partial charge in [0.2, 0.25) is 0 Å². The van der Waals surface area contributed by atoms with Gasteiger partial charge in [0.1, 0.15) is 12.4 Å². The van der Waals surface area contributed by atoms with Gasteiger partial charge in [0.05, 0.1) is 18.9 Å². The van der Waals surface area contributed by atoms with Gasteiger partial charge in [-0.2, -0.15) is 0 Å². The number of ether oxygens (including phenoxy) is 2. The summed E-state index contributed by atoms with van der Waals surface area (Å²) >= 11 is 0. The summed E-state index contributed by atoms with van der Waals surface area (Å²) in [6.07, 6.45) is 2.99. The van der Waals surface area contributed by atoms with Gasteiger partial charge in [0.25, 0.3) is 5.91 Å². The van der Waals surface area contributed by atoms with Crippen LogP contribution in [0.25, 0.3) is 0 Å². The molecule has 0 aliphatic carbocycles. The van der Waals surface area contributed by atoms with E-state index >= 15 is 0 Å². The lowest BCUT2D eigenvalue weighted by Crippen LogP contribution is -2.38. The molecule has 5 N–H and O–H groups in total. The summed E-state index contributed by atoms with van der Waals surface area (Å²) in [7, 11) is 0. The van der Waals surface area contributed by atoms with Crippen LogP contribution in [0.4, 0.5) is 0 Å². The largest absolute Gasteiger partial charge is 0.485 e. The van der Waals surface area contributed by atoms with Gasteiger partial charge in [-0.05, 0) is 12.1 Å². The van der Waals surface area contributed by atoms with Crippen LogP contribution in [0.5, 0.6) is 5.75 Å². The lowest BCUT2D eigenvalue weighted by atomic mass is 10.3. The molecule has 2 heterocycles. The van der Waals surface area contributed by atoms with Crippen LogP contribution in [0.1, 0.15) is 10.5 Å². The van der Waals surface area contributed by atoms with E-state index in [-0.39, 0.29) is 23.8 Å². The van der Waals surface area contributed by atoms with Gasteiger partial charge in [0, 0.05) is 25.4 Å².